The summed E-state index contributed by atoms with van der Waals surface area (Å²) in [4.78, 5) is 29.9. The van der Waals surface area contributed by atoms with Crippen LogP contribution in [0.25, 0.3) is 0 Å². The average molecular weight is 662 g/mol. The molecule has 0 aromatic heterocycles. The van der Waals surface area contributed by atoms with E-state index < -0.39 is 28.5 Å². The van der Waals surface area contributed by atoms with Gasteiger partial charge < -0.3 is 15.0 Å². The van der Waals surface area contributed by atoms with Crippen LogP contribution >= 0.6 is 11.6 Å². The first-order valence-electron chi connectivity index (χ1n) is 15.2. The molecule has 0 aliphatic rings. The number of carbonyl (C=O) groups is 2. The zero-order valence-electron chi connectivity index (χ0n) is 26.4. The highest BCUT2D eigenvalue weighted by Crippen LogP contribution is 2.28. The molecule has 0 saturated carbocycles. The number of nitrogens with zero attached hydrogens (tertiary/aromatic N) is 2. The van der Waals surface area contributed by atoms with Crippen LogP contribution in [-0.4, -0.2) is 51.4 Å². The number of hydrogen-bond donors (Lipinski definition) is 1. The molecule has 8 nitrogen and oxygen atoms in total. The van der Waals surface area contributed by atoms with Gasteiger partial charge in [-0.3, -0.25) is 13.9 Å². The van der Waals surface area contributed by atoms with Crippen molar-refractivity contribution in [3.8, 4) is 5.75 Å². The van der Waals surface area contributed by atoms with Crippen molar-refractivity contribution in [2.75, 3.05) is 24.5 Å². The largest absolute Gasteiger partial charge is 0.497 e. The van der Waals surface area contributed by atoms with Crippen LogP contribution in [0.5, 0.6) is 5.75 Å². The maximum absolute atomic E-state index is 14.5. The van der Waals surface area contributed by atoms with Gasteiger partial charge in [-0.25, -0.2) is 8.42 Å². The Kier molecular flexibility index (Phi) is 12.2. The number of amides is 2. The van der Waals surface area contributed by atoms with E-state index in [1.807, 2.05) is 44.2 Å². The van der Waals surface area contributed by atoms with Crippen molar-refractivity contribution in [1.82, 2.24) is 10.2 Å². The number of nitrogens with one attached hydrogen (secondary N) is 1. The van der Waals surface area contributed by atoms with E-state index in [0.29, 0.717) is 17.3 Å². The second-order valence-electron chi connectivity index (χ2n) is 11.0. The number of unbranched alkanes of at least 4 members (excludes halogenated alkanes) is 1. The van der Waals surface area contributed by atoms with Gasteiger partial charge in [-0.1, -0.05) is 91.2 Å². The topological polar surface area (TPSA) is 96.0 Å². The number of halogens is 1. The Morgan fingerprint density at radius 3 is 2.24 bits per heavy atom. The maximum atomic E-state index is 14.5. The van der Waals surface area contributed by atoms with Gasteiger partial charge in [0.2, 0.25) is 11.8 Å². The lowest BCUT2D eigenvalue weighted by molar-refractivity contribution is -0.140. The standard InChI is InChI=1S/C36H40ClN3O5S/c1-4-5-22-38-36(42)34(23-28-10-7-6-8-11-28)39(25-29-16-18-30(37)19-17-29)35(41)26-40(31-12-9-13-32(24-31)45-3)46(43,44)33-20-14-27(2)15-21-33/h6-21,24,34H,4-5,22-23,25-26H2,1-3H3,(H,38,42)/t34-/m0/s1. The zero-order valence-corrected chi connectivity index (χ0v) is 27.9. The van der Waals surface area contributed by atoms with Gasteiger partial charge in [-0.05, 0) is 60.9 Å². The van der Waals surface area contributed by atoms with Crippen molar-refractivity contribution in [2.24, 2.45) is 0 Å². The summed E-state index contributed by atoms with van der Waals surface area (Å²) in [5.41, 5.74) is 2.76. The number of carbonyl (C=O) groups excluding carboxylic acids is 2. The van der Waals surface area contributed by atoms with Gasteiger partial charge in [0.25, 0.3) is 10.0 Å². The van der Waals surface area contributed by atoms with Gasteiger partial charge in [-0.2, -0.15) is 0 Å². The van der Waals surface area contributed by atoms with E-state index in [-0.39, 0.29) is 29.5 Å². The van der Waals surface area contributed by atoms with Crippen LogP contribution in [0.3, 0.4) is 0 Å². The third-order valence-corrected chi connectivity index (χ3v) is 9.64. The van der Waals surface area contributed by atoms with Gasteiger partial charge in [0.05, 0.1) is 17.7 Å². The highest BCUT2D eigenvalue weighted by Gasteiger charge is 2.34. The Morgan fingerprint density at radius 1 is 0.891 bits per heavy atom. The van der Waals surface area contributed by atoms with Crippen LogP contribution in [0, 0.1) is 6.92 Å². The lowest BCUT2D eigenvalue weighted by atomic mass is 10.0. The quantitative estimate of drug-likeness (QED) is 0.149. The van der Waals surface area contributed by atoms with Crippen LogP contribution in [0.15, 0.2) is 108 Å². The fourth-order valence-corrected chi connectivity index (χ4v) is 6.51. The molecule has 0 saturated heterocycles. The van der Waals surface area contributed by atoms with E-state index in [2.05, 4.69) is 5.32 Å². The Balaban J connectivity index is 1.80. The molecule has 0 fully saturated rings. The number of methoxy groups -OCH3 is 1. The number of benzene rings is 4. The summed E-state index contributed by atoms with van der Waals surface area (Å²) < 4.78 is 34.8. The fraction of sp³-hybridized carbons (Fsp3) is 0.278. The fourth-order valence-electron chi connectivity index (χ4n) is 4.98. The van der Waals surface area contributed by atoms with Gasteiger partial charge >= 0.3 is 0 Å². The summed E-state index contributed by atoms with van der Waals surface area (Å²) in [5.74, 6) is -0.418. The van der Waals surface area contributed by atoms with Crippen LogP contribution in [0.1, 0.15) is 36.5 Å². The highest BCUT2D eigenvalue weighted by atomic mass is 35.5. The van der Waals surface area contributed by atoms with Gasteiger partial charge in [0.1, 0.15) is 18.3 Å². The Labute approximate surface area is 277 Å². The third kappa shape index (κ3) is 9.11. The summed E-state index contributed by atoms with van der Waals surface area (Å²) >= 11 is 6.15. The Hall–Kier alpha value is -4.34. The van der Waals surface area contributed by atoms with Crippen molar-refractivity contribution in [3.63, 3.8) is 0 Å². The first-order valence-corrected chi connectivity index (χ1v) is 17.0. The molecule has 4 aromatic carbocycles. The molecule has 0 aliphatic carbocycles. The number of ether oxygens (including phenoxy) is 1. The third-order valence-electron chi connectivity index (χ3n) is 7.60. The minimum atomic E-state index is -4.21. The normalized spacial score (nSPS) is 11.8. The molecule has 0 aliphatic heterocycles. The summed E-state index contributed by atoms with van der Waals surface area (Å²) in [6.45, 7) is 3.87. The molecule has 4 rings (SSSR count). The molecule has 4 aromatic rings. The molecule has 242 valence electrons. The molecule has 0 heterocycles. The molecule has 2 amide bonds. The first kappa shape index (κ1) is 34.5. The van der Waals surface area contributed by atoms with E-state index in [0.717, 1.165) is 33.8 Å². The Bertz CT molecular complexity index is 1700. The van der Waals surface area contributed by atoms with E-state index in [1.165, 1.54) is 24.1 Å². The van der Waals surface area contributed by atoms with Crippen molar-refractivity contribution < 1.29 is 22.7 Å². The van der Waals surface area contributed by atoms with Crippen molar-refractivity contribution in [3.05, 3.63) is 125 Å². The minimum Gasteiger partial charge on any atom is -0.497 e. The van der Waals surface area contributed by atoms with Crippen molar-refractivity contribution >= 4 is 39.1 Å². The molecule has 0 radical (unpaired) electrons. The molecule has 10 heteroatoms. The number of hydrogen-bond acceptors (Lipinski definition) is 5. The van der Waals surface area contributed by atoms with Crippen molar-refractivity contribution in [1.29, 1.82) is 0 Å². The minimum absolute atomic E-state index is 0.0381. The summed E-state index contributed by atoms with van der Waals surface area (Å²) in [6.07, 6.45) is 1.92. The average Bonchev–Trinajstić information content (AvgIpc) is 3.06. The predicted octanol–water partition coefficient (Wildman–Crippen LogP) is 6.41. The van der Waals surface area contributed by atoms with Gasteiger partial charge in [0.15, 0.2) is 0 Å². The number of anilines is 1. The molecule has 0 unspecified atom stereocenters. The van der Waals surface area contributed by atoms with Crippen LogP contribution in [0.2, 0.25) is 5.02 Å². The van der Waals surface area contributed by atoms with Crippen LogP contribution in [0.4, 0.5) is 5.69 Å². The number of sulfonamides is 1. The van der Waals surface area contributed by atoms with Crippen LogP contribution < -0.4 is 14.4 Å². The molecular weight excluding hydrogens is 622 g/mol. The second-order valence-corrected chi connectivity index (χ2v) is 13.3. The van der Waals surface area contributed by atoms with Gasteiger partial charge in [-0.15, -0.1) is 0 Å². The van der Waals surface area contributed by atoms with E-state index in [9.17, 15) is 18.0 Å². The van der Waals surface area contributed by atoms with E-state index in [1.54, 1.807) is 60.7 Å². The molecule has 0 spiro atoms. The summed E-state index contributed by atoms with van der Waals surface area (Å²) in [7, 11) is -2.72. The lowest BCUT2D eigenvalue weighted by Gasteiger charge is -2.34. The SMILES string of the molecule is CCCCNC(=O)[C@H](Cc1ccccc1)N(Cc1ccc(Cl)cc1)C(=O)CN(c1cccc(OC)c1)S(=O)(=O)c1ccc(C)cc1. The van der Waals surface area contributed by atoms with Gasteiger partial charge in [0, 0.05) is 30.6 Å². The summed E-state index contributed by atoms with van der Waals surface area (Å²) in [6, 6.07) is 28.6. The van der Waals surface area contributed by atoms with Crippen LogP contribution in [-0.2, 0) is 32.6 Å². The second kappa shape index (κ2) is 16.3. The predicted molar refractivity (Wildman–Crippen MR) is 183 cm³/mol. The monoisotopic (exact) mass is 661 g/mol. The first-order chi connectivity index (χ1) is 22.1. The highest BCUT2D eigenvalue weighted by molar-refractivity contribution is 7.92. The molecular formula is C36H40ClN3O5S. The molecule has 1 N–H and O–H groups in total. The lowest BCUT2D eigenvalue weighted by Crippen LogP contribution is -2.53. The smallest absolute Gasteiger partial charge is 0.264 e. The van der Waals surface area contributed by atoms with E-state index in [4.69, 9.17) is 16.3 Å². The zero-order chi connectivity index (χ0) is 33.1. The number of aryl methyl sites for hydroxylation is 1. The Morgan fingerprint density at radius 2 is 1.59 bits per heavy atom. The molecule has 0 bridgehead atoms. The number of rotatable bonds is 15. The van der Waals surface area contributed by atoms with E-state index >= 15 is 0 Å². The summed E-state index contributed by atoms with van der Waals surface area (Å²) in [5, 5.41) is 3.53. The molecule has 1 atom stereocenters. The van der Waals surface area contributed by atoms with Crippen molar-refractivity contribution in [2.45, 2.75) is 50.6 Å². The maximum Gasteiger partial charge on any atom is 0.264 e. The molecule has 46 heavy (non-hydrogen) atoms.